The number of hydrogen-bond acceptors (Lipinski definition) is 4. The highest BCUT2D eigenvalue weighted by Crippen LogP contribution is 2.32. The van der Waals surface area contributed by atoms with Crippen molar-refractivity contribution in [2.75, 3.05) is 23.3 Å². The number of anilines is 2. The van der Waals surface area contributed by atoms with Crippen molar-refractivity contribution in [3.05, 3.63) is 108 Å². The molecule has 0 saturated carbocycles. The van der Waals surface area contributed by atoms with Crippen molar-refractivity contribution >= 4 is 28.1 Å². The molecular weight excluding hydrogens is 434 g/mol. The number of amides is 1. The Morgan fingerprint density at radius 3 is 2.46 bits per heavy atom. The number of para-hydroxylation sites is 1. The lowest BCUT2D eigenvalue weighted by Gasteiger charge is -2.30. The zero-order chi connectivity index (χ0) is 24.2. The molecule has 178 valence electrons. The average Bonchev–Trinajstić information content (AvgIpc) is 2.94. The fourth-order valence-electron chi connectivity index (χ4n) is 4.81. The summed E-state index contributed by atoms with van der Waals surface area (Å²) in [4.78, 5) is 17.4. The smallest absolute Gasteiger partial charge is 0.241 e. The largest absolute Gasteiger partial charge is 0.361 e. The minimum Gasteiger partial charge on any atom is -0.361 e. The molecule has 4 aromatic carbocycles. The highest BCUT2D eigenvalue weighted by molar-refractivity contribution is 5.95. The molecule has 2 N–H and O–H groups in total. The van der Waals surface area contributed by atoms with Gasteiger partial charge in [-0.3, -0.25) is 9.69 Å². The first-order chi connectivity index (χ1) is 17.1. The molecule has 5 rings (SSSR count). The predicted octanol–water partition coefficient (Wildman–Crippen LogP) is 5.57. The van der Waals surface area contributed by atoms with Crippen LogP contribution in [0.1, 0.15) is 30.4 Å². The lowest BCUT2D eigenvalue weighted by atomic mass is 9.95. The molecular formula is C30H31N3O2. The van der Waals surface area contributed by atoms with E-state index < -0.39 is 6.35 Å². The van der Waals surface area contributed by atoms with E-state index in [4.69, 9.17) is 0 Å². The summed E-state index contributed by atoms with van der Waals surface area (Å²) >= 11 is 0. The van der Waals surface area contributed by atoms with Gasteiger partial charge in [0.1, 0.15) is 0 Å². The molecule has 35 heavy (non-hydrogen) atoms. The number of fused-ring (bicyclic) bond motifs is 2. The van der Waals surface area contributed by atoms with Gasteiger partial charge in [-0.2, -0.15) is 0 Å². The SMILES string of the molecule is CC1CCN(C(O)Nc2ccc3ccccc3c2)CC(=O)N(Cc2ccccc2)c2ccccc21. The lowest BCUT2D eigenvalue weighted by Crippen LogP contribution is -2.47. The summed E-state index contributed by atoms with van der Waals surface area (Å²) in [6, 6.07) is 32.4. The number of carbonyl (C=O) groups is 1. The van der Waals surface area contributed by atoms with Crippen LogP contribution in [0.15, 0.2) is 97.1 Å². The predicted molar refractivity (Wildman–Crippen MR) is 142 cm³/mol. The summed E-state index contributed by atoms with van der Waals surface area (Å²) in [6.07, 6.45) is -0.146. The first-order valence-electron chi connectivity index (χ1n) is 12.2. The molecule has 2 atom stereocenters. The number of nitrogens with one attached hydrogen (secondary N) is 1. The fraction of sp³-hybridized carbons (Fsp3) is 0.233. The van der Waals surface area contributed by atoms with Gasteiger partial charge in [0.15, 0.2) is 6.35 Å². The molecule has 0 fully saturated rings. The Kier molecular flexibility index (Phi) is 6.80. The van der Waals surface area contributed by atoms with Crippen LogP contribution in [-0.4, -0.2) is 35.4 Å². The van der Waals surface area contributed by atoms with Gasteiger partial charge in [-0.05, 0) is 52.4 Å². The summed E-state index contributed by atoms with van der Waals surface area (Å²) in [5, 5.41) is 16.6. The van der Waals surface area contributed by atoms with Crippen LogP contribution in [0.3, 0.4) is 0 Å². The Hall–Kier alpha value is -3.67. The van der Waals surface area contributed by atoms with E-state index in [9.17, 15) is 9.90 Å². The third-order valence-corrected chi connectivity index (χ3v) is 6.82. The molecule has 1 heterocycles. The van der Waals surface area contributed by atoms with E-state index in [0.717, 1.165) is 39.7 Å². The number of hydrogen-bond donors (Lipinski definition) is 2. The molecule has 5 heteroatoms. The lowest BCUT2D eigenvalue weighted by molar-refractivity contribution is -0.122. The number of benzene rings is 4. The van der Waals surface area contributed by atoms with Crippen LogP contribution in [0.4, 0.5) is 11.4 Å². The van der Waals surface area contributed by atoms with E-state index in [1.165, 1.54) is 0 Å². The van der Waals surface area contributed by atoms with Gasteiger partial charge in [0.05, 0.1) is 13.1 Å². The topological polar surface area (TPSA) is 55.8 Å². The number of carbonyl (C=O) groups excluding carboxylic acids is 1. The van der Waals surface area contributed by atoms with Crippen LogP contribution < -0.4 is 10.2 Å². The van der Waals surface area contributed by atoms with E-state index in [0.29, 0.717) is 13.1 Å². The Balaban J connectivity index is 1.41. The number of rotatable bonds is 5. The Bertz CT molecular complexity index is 1310. The third-order valence-electron chi connectivity index (χ3n) is 6.82. The van der Waals surface area contributed by atoms with Gasteiger partial charge in [-0.25, -0.2) is 0 Å². The first kappa shape index (κ1) is 23.1. The molecule has 1 aliphatic rings. The molecule has 0 bridgehead atoms. The van der Waals surface area contributed by atoms with Crippen molar-refractivity contribution in [1.82, 2.24) is 4.90 Å². The van der Waals surface area contributed by atoms with Crippen LogP contribution in [0.2, 0.25) is 0 Å². The minimum absolute atomic E-state index is 0.0326. The molecule has 2 unspecified atom stereocenters. The average molecular weight is 466 g/mol. The summed E-state index contributed by atoms with van der Waals surface area (Å²) in [6.45, 7) is 3.40. The fourth-order valence-corrected chi connectivity index (χ4v) is 4.81. The van der Waals surface area contributed by atoms with E-state index in [1.807, 2.05) is 88.7 Å². The maximum atomic E-state index is 13.7. The van der Waals surface area contributed by atoms with Crippen molar-refractivity contribution in [1.29, 1.82) is 0 Å². The maximum absolute atomic E-state index is 13.7. The van der Waals surface area contributed by atoms with Crippen LogP contribution in [0, 0.1) is 0 Å². The number of aliphatic hydroxyl groups is 1. The van der Waals surface area contributed by atoms with Gasteiger partial charge in [-0.15, -0.1) is 0 Å². The minimum atomic E-state index is -0.980. The normalized spacial score (nSPS) is 17.8. The van der Waals surface area contributed by atoms with Crippen molar-refractivity contribution < 1.29 is 9.90 Å². The van der Waals surface area contributed by atoms with Crippen molar-refractivity contribution in [2.24, 2.45) is 0 Å². The molecule has 0 aromatic heterocycles. The van der Waals surface area contributed by atoms with Crippen LogP contribution in [0.5, 0.6) is 0 Å². The number of aliphatic hydroxyl groups excluding tert-OH is 1. The highest BCUT2D eigenvalue weighted by atomic mass is 16.3. The highest BCUT2D eigenvalue weighted by Gasteiger charge is 2.28. The standard InChI is InChI=1S/C30H31N3O2/c1-22-17-18-32(30(35)31-26-16-15-24-11-5-6-12-25(24)19-26)21-29(34)33(20-23-9-3-2-4-10-23)28-14-8-7-13-27(22)28/h2-16,19,22,30-31,35H,17-18,20-21H2,1H3. The van der Waals surface area contributed by atoms with Gasteiger partial charge in [0, 0.05) is 17.9 Å². The molecule has 0 radical (unpaired) electrons. The van der Waals surface area contributed by atoms with Crippen LogP contribution in [0.25, 0.3) is 10.8 Å². The monoisotopic (exact) mass is 465 g/mol. The zero-order valence-electron chi connectivity index (χ0n) is 20.0. The summed E-state index contributed by atoms with van der Waals surface area (Å²) in [5.74, 6) is 0.209. The molecule has 1 aliphatic heterocycles. The van der Waals surface area contributed by atoms with E-state index >= 15 is 0 Å². The number of nitrogens with zero attached hydrogens (tertiary/aromatic N) is 2. The maximum Gasteiger partial charge on any atom is 0.241 e. The molecule has 4 aromatic rings. The second-order valence-corrected chi connectivity index (χ2v) is 9.26. The van der Waals surface area contributed by atoms with Crippen molar-refractivity contribution in [3.63, 3.8) is 0 Å². The Morgan fingerprint density at radius 2 is 1.63 bits per heavy atom. The summed E-state index contributed by atoms with van der Waals surface area (Å²) in [5.41, 5.74) is 4.01. The van der Waals surface area contributed by atoms with E-state index in [2.05, 4.69) is 30.4 Å². The van der Waals surface area contributed by atoms with Crippen LogP contribution in [-0.2, 0) is 11.3 Å². The van der Waals surface area contributed by atoms with Crippen molar-refractivity contribution in [3.8, 4) is 0 Å². The summed E-state index contributed by atoms with van der Waals surface area (Å²) in [7, 11) is 0. The molecule has 5 nitrogen and oxygen atoms in total. The van der Waals surface area contributed by atoms with E-state index in [-0.39, 0.29) is 18.4 Å². The van der Waals surface area contributed by atoms with Gasteiger partial charge in [0.2, 0.25) is 5.91 Å². The summed E-state index contributed by atoms with van der Waals surface area (Å²) < 4.78 is 0. The third kappa shape index (κ3) is 5.21. The van der Waals surface area contributed by atoms with E-state index in [1.54, 1.807) is 0 Å². The quantitative estimate of drug-likeness (QED) is 0.378. The molecule has 0 aliphatic carbocycles. The first-order valence-corrected chi connectivity index (χ1v) is 12.2. The second kappa shape index (κ2) is 10.3. The van der Waals surface area contributed by atoms with Crippen LogP contribution >= 0.6 is 0 Å². The Labute approximate surface area is 206 Å². The van der Waals surface area contributed by atoms with Crippen molar-refractivity contribution in [2.45, 2.75) is 32.2 Å². The molecule has 1 amide bonds. The second-order valence-electron chi connectivity index (χ2n) is 9.26. The van der Waals surface area contributed by atoms with Gasteiger partial charge in [-0.1, -0.05) is 85.8 Å². The molecule has 0 saturated heterocycles. The van der Waals surface area contributed by atoms with Gasteiger partial charge in [0.25, 0.3) is 0 Å². The zero-order valence-corrected chi connectivity index (χ0v) is 20.0. The Morgan fingerprint density at radius 1 is 0.914 bits per heavy atom. The van der Waals surface area contributed by atoms with Gasteiger partial charge >= 0.3 is 0 Å². The van der Waals surface area contributed by atoms with Gasteiger partial charge < -0.3 is 15.3 Å². The molecule has 0 spiro atoms.